The van der Waals surface area contributed by atoms with E-state index in [1.54, 1.807) is 0 Å². The number of Topliss-reactive ketones (excluding diaryl/α,β-unsaturated/α-hetero) is 1. The largest absolute Gasteiger partial charge is 0.435 e. The molecule has 0 unspecified atom stereocenters. The van der Waals surface area contributed by atoms with E-state index in [-0.39, 0.29) is 5.56 Å². The van der Waals surface area contributed by atoms with Crippen molar-refractivity contribution in [2.75, 3.05) is 0 Å². The summed E-state index contributed by atoms with van der Waals surface area (Å²) >= 11 is 0. The van der Waals surface area contributed by atoms with Gasteiger partial charge in [0, 0.05) is 11.1 Å². The van der Waals surface area contributed by atoms with Crippen molar-refractivity contribution in [3.63, 3.8) is 0 Å². The van der Waals surface area contributed by atoms with Crippen molar-refractivity contribution >= 4 is 5.78 Å². The Labute approximate surface area is 99.4 Å². The summed E-state index contributed by atoms with van der Waals surface area (Å²) < 4.78 is 66.1. The fraction of sp³-hybridized carbons (Fsp3) is 0.364. The van der Waals surface area contributed by atoms with Gasteiger partial charge in [0.2, 0.25) is 0 Å². The smallest absolute Gasteiger partial charge is 0.416 e. The van der Waals surface area contributed by atoms with E-state index in [0.717, 1.165) is 19.9 Å². The average molecular weight is 268 g/mol. The number of ketones is 1. The number of benzene rings is 1. The van der Waals surface area contributed by atoms with Crippen molar-refractivity contribution in [3.8, 4) is 5.75 Å². The second-order valence-electron chi connectivity index (χ2n) is 3.58. The Morgan fingerprint density at radius 1 is 1.28 bits per heavy atom. The Morgan fingerprint density at radius 2 is 1.83 bits per heavy atom. The van der Waals surface area contributed by atoms with Crippen LogP contribution in [0.1, 0.15) is 28.4 Å². The van der Waals surface area contributed by atoms with Crippen LogP contribution in [-0.4, -0.2) is 12.4 Å². The molecule has 0 spiro atoms. The maximum absolute atomic E-state index is 12.7. The van der Waals surface area contributed by atoms with E-state index in [1.807, 2.05) is 0 Å². The maximum Gasteiger partial charge on any atom is 0.416 e. The van der Waals surface area contributed by atoms with Gasteiger partial charge in [-0.3, -0.25) is 4.79 Å². The quantitative estimate of drug-likeness (QED) is 0.615. The minimum Gasteiger partial charge on any atom is -0.435 e. The van der Waals surface area contributed by atoms with Gasteiger partial charge in [0.05, 0.1) is 5.56 Å². The Balaban J connectivity index is 3.43. The van der Waals surface area contributed by atoms with Crippen LogP contribution in [0.5, 0.6) is 5.75 Å². The predicted octanol–water partition coefficient (Wildman–Crippen LogP) is 3.82. The van der Waals surface area contributed by atoms with Gasteiger partial charge in [-0.1, -0.05) is 0 Å². The molecule has 0 aliphatic rings. The van der Waals surface area contributed by atoms with Crippen LogP contribution >= 0.6 is 0 Å². The lowest BCUT2D eigenvalue weighted by molar-refractivity contribution is -0.138. The van der Waals surface area contributed by atoms with Crippen LogP contribution in [-0.2, 0) is 6.18 Å². The summed E-state index contributed by atoms with van der Waals surface area (Å²) in [7, 11) is 0. The third-order valence-electron chi connectivity index (χ3n) is 2.29. The van der Waals surface area contributed by atoms with Crippen molar-refractivity contribution in [2.45, 2.75) is 26.6 Å². The van der Waals surface area contributed by atoms with E-state index in [9.17, 15) is 26.7 Å². The molecule has 0 atom stereocenters. The molecule has 7 heteroatoms. The zero-order valence-corrected chi connectivity index (χ0v) is 9.44. The second kappa shape index (κ2) is 4.91. The number of carbonyl (C=O) groups excluding carboxylic acids is 1. The molecule has 2 nitrogen and oxygen atoms in total. The molecule has 0 fully saturated rings. The molecule has 0 saturated heterocycles. The van der Waals surface area contributed by atoms with Crippen molar-refractivity contribution < 1.29 is 31.5 Å². The zero-order valence-electron chi connectivity index (χ0n) is 9.44. The summed E-state index contributed by atoms with van der Waals surface area (Å²) in [5.41, 5.74) is -1.97. The molecule has 0 saturated carbocycles. The summed E-state index contributed by atoms with van der Waals surface area (Å²) in [6.07, 6.45) is -4.74. The van der Waals surface area contributed by atoms with E-state index in [2.05, 4.69) is 4.74 Å². The molecule has 0 radical (unpaired) electrons. The molecule has 0 N–H and O–H groups in total. The van der Waals surface area contributed by atoms with Gasteiger partial charge in [-0.25, -0.2) is 0 Å². The normalized spacial score (nSPS) is 11.8. The third kappa shape index (κ3) is 3.18. The highest BCUT2D eigenvalue weighted by Gasteiger charge is 2.34. The maximum atomic E-state index is 12.7. The van der Waals surface area contributed by atoms with Crippen LogP contribution in [0.2, 0.25) is 0 Å². The number of carbonyl (C=O) groups is 1. The molecule has 1 rings (SSSR count). The Kier molecular flexibility index (Phi) is 3.93. The fourth-order valence-electron chi connectivity index (χ4n) is 1.40. The summed E-state index contributed by atoms with van der Waals surface area (Å²) in [4.78, 5) is 11.1. The topological polar surface area (TPSA) is 26.3 Å². The molecule has 100 valence electrons. The van der Waals surface area contributed by atoms with Gasteiger partial charge in [-0.05, 0) is 26.0 Å². The molecule has 0 bridgehead atoms. The van der Waals surface area contributed by atoms with E-state index < -0.39 is 35.4 Å². The molecular formula is C11H9F5O2. The predicted molar refractivity (Wildman–Crippen MR) is 52.8 cm³/mol. The van der Waals surface area contributed by atoms with Gasteiger partial charge >= 0.3 is 12.8 Å². The Hall–Kier alpha value is -1.66. The third-order valence-corrected chi connectivity index (χ3v) is 2.29. The summed E-state index contributed by atoms with van der Waals surface area (Å²) in [5.74, 6) is -1.32. The Morgan fingerprint density at radius 3 is 2.22 bits per heavy atom. The minimum atomic E-state index is -4.74. The van der Waals surface area contributed by atoms with Crippen LogP contribution in [0.3, 0.4) is 0 Å². The van der Waals surface area contributed by atoms with E-state index in [4.69, 9.17) is 0 Å². The molecule has 0 aliphatic carbocycles. The van der Waals surface area contributed by atoms with E-state index in [0.29, 0.717) is 6.07 Å². The summed E-state index contributed by atoms with van der Waals surface area (Å²) in [6.45, 7) is -1.21. The monoisotopic (exact) mass is 268 g/mol. The highest BCUT2D eigenvalue weighted by molar-refractivity contribution is 5.94. The van der Waals surface area contributed by atoms with Crippen molar-refractivity contribution in [1.82, 2.24) is 0 Å². The van der Waals surface area contributed by atoms with Crippen LogP contribution in [0.25, 0.3) is 0 Å². The first-order valence-corrected chi connectivity index (χ1v) is 4.80. The Bertz CT molecular complexity index is 465. The molecule has 0 aromatic heterocycles. The molecule has 0 amide bonds. The minimum absolute atomic E-state index is 0.330. The number of ether oxygens (including phenoxy) is 1. The average Bonchev–Trinajstić information content (AvgIpc) is 2.18. The molecule has 0 aliphatic heterocycles. The first kappa shape index (κ1) is 14.4. The highest BCUT2D eigenvalue weighted by atomic mass is 19.4. The molecular weight excluding hydrogens is 259 g/mol. The van der Waals surface area contributed by atoms with Gasteiger partial charge in [0.1, 0.15) is 5.75 Å². The van der Waals surface area contributed by atoms with Gasteiger partial charge in [0.25, 0.3) is 0 Å². The van der Waals surface area contributed by atoms with Crippen molar-refractivity contribution in [3.05, 3.63) is 28.8 Å². The van der Waals surface area contributed by atoms with Crippen molar-refractivity contribution in [2.24, 2.45) is 0 Å². The molecule has 1 aromatic rings. The van der Waals surface area contributed by atoms with E-state index >= 15 is 0 Å². The van der Waals surface area contributed by atoms with E-state index in [1.165, 1.54) is 0 Å². The summed E-state index contributed by atoms with van der Waals surface area (Å²) in [5, 5.41) is 0. The molecule has 1 aromatic carbocycles. The van der Waals surface area contributed by atoms with Crippen LogP contribution < -0.4 is 4.74 Å². The molecule has 18 heavy (non-hydrogen) atoms. The summed E-state index contributed by atoms with van der Waals surface area (Å²) in [6, 6.07) is 1.50. The van der Waals surface area contributed by atoms with Gasteiger partial charge < -0.3 is 4.74 Å². The highest BCUT2D eigenvalue weighted by Crippen LogP contribution is 2.37. The van der Waals surface area contributed by atoms with Gasteiger partial charge in [-0.15, -0.1) is 0 Å². The molecule has 0 heterocycles. The first-order valence-electron chi connectivity index (χ1n) is 4.80. The van der Waals surface area contributed by atoms with Crippen LogP contribution in [0, 0.1) is 6.92 Å². The number of alkyl halides is 5. The number of rotatable bonds is 3. The number of halogens is 5. The van der Waals surface area contributed by atoms with Gasteiger partial charge in [0.15, 0.2) is 5.78 Å². The second-order valence-corrected chi connectivity index (χ2v) is 3.58. The lowest BCUT2D eigenvalue weighted by atomic mass is 10.0. The number of hydrogen-bond donors (Lipinski definition) is 0. The van der Waals surface area contributed by atoms with Crippen LogP contribution in [0.15, 0.2) is 12.1 Å². The SMILES string of the molecule is CC(=O)c1cc(OC(F)F)c(C)c(C(F)(F)F)c1. The lowest BCUT2D eigenvalue weighted by Crippen LogP contribution is -2.12. The van der Waals surface area contributed by atoms with Crippen molar-refractivity contribution in [1.29, 1.82) is 0 Å². The van der Waals surface area contributed by atoms with Gasteiger partial charge in [-0.2, -0.15) is 22.0 Å². The fourth-order valence-corrected chi connectivity index (χ4v) is 1.40. The zero-order chi connectivity index (χ0) is 14.1. The number of hydrogen-bond acceptors (Lipinski definition) is 2. The standard InChI is InChI=1S/C11H9F5O2/c1-5-8(11(14,15)16)3-7(6(2)17)4-9(5)18-10(12)13/h3-4,10H,1-2H3. The van der Waals surface area contributed by atoms with Crippen LogP contribution in [0.4, 0.5) is 22.0 Å². The first-order chi connectivity index (χ1) is 8.12. The lowest BCUT2D eigenvalue weighted by Gasteiger charge is -2.15.